The van der Waals surface area contributed by atoms with Gasteiger partial charge in [0.1, 0.15) is 0 Å². The van der Waals surface area contributed by atoms with Gasteiger partial charge in [-0.1, -0.05) is 0 Å². The summed E-state index contributed by atoms with van der Waals surface area (Å²) in [5.41, 5.74) is 0. The van der Waals surface area contributed by atoms with Crippen LogP contribution in [-0.4, -0.2) is 11.1 Å². The van der Waals surface area contributed by atoms with Gasteiger partial charge in [-0.2, -0.15) is 0 Å². The monoisotopic (exact) mass is 349 g/mol. The molecule has 0 aliphatic carbocycles. The van der Waals surface area contributed by atoms with Crippen molar-refractivity contribution in [2.24, 2.45) is 0 Å². The smallest absolute Gasteiger partial charge is 0.550 e. The molecule has 8 heteroatoms. The fourth-order valence-electron chi connectivity index (χ4n) is 0. The van der Waals surface area contributed by atoms with E-state index in [0.29, 0.717) is 0 Å². The van der Waals surface area contributed by atoms with Gasteiger partial charge in [-0.3, -0.25) is 0 Å². The third-order valence-electron chi connectivity index (χ3n) is 0. The summed E-state index contributed by atoms with van der Waals surface area (Å²) in [6, 6.07) is 0. The number of carbonyl (C=O) groups is 1. The van der Waals surface area contributed by atoms with Gasteiger partial charge in [-0.25, -0.2) is 0 Å². The molecular formula is C2H3Cd2NO5+2. The number of carboxylic acids is 1. The molecule has 0 fully saturated rings. The Balaban J connectivity index is -0.0000000300. The zero-order valence-corrected chi connectivity index (χ0v) is 13.5. The van der Waals surface area contributed by atoms with Crippen molar-refractivity contribution < 1.29 is 69.6 Å². The van der Waals surface area contributed by atoms with E-state index in [1.54, 1.807) is 0 Å². The van der Waals surface area contributed by atoms with Crippen molar-refractivity contribution in [2.75, 3.05) is 0 Å². The maximum Gasteiger partial charge on any atom is 2.00 e. The van der Waals surface area contributed by atoms with E-state index in [0.717, 1.165) is 6.92 Å². The standard InChI is InChI=1S/C2H4O2.2Cd.NO3/c1-2(3)4;;;2-1(3)4/h1H3,(H,3,4);;;/q;2*+2;-1/p-1. The summed E-state index contributed by atoms with van der Waals surface area (Å²) in [6.07, 6.45) is 0. The van der Waals surface area contributed by atoms with E-state index < -0.39 is 11.1 Å². The first-order valence-corrected chi connectivity index (χ1v) is 1.46. The number of rotatable bonds is 0. The Labute approximate surface area is 97.0 Å². The minimum atomic E-state index is -1.75. The number of carboxylic acid groups (broad SMARTS) is 1. The van der Waals surface area contributed by atoms with Crippen LogP contribution in [0.3, 0.4) is 0 Å². The summed E-state index contributed by atoms with van der Waals surface area (Å²) >= 11 is 0. The van der Waals surface area contributed by atoms with Gasteiger partial charge in [0.2, 0.25) is 0 Å². The van der Waals surface area contributed by atoms with Gasteiger partial charge in [0.25, 0.3) is 0 Å². The maximum atomic E-state index is 8.89. The number of hydrogen-bond acceptors (Lipinski definition) is 5. The van der Waals surface area contributed by atoms with Gasteiger partial charge in [0.15, 0.2) is 0 Å². The molecule has 0 unspecified atom stereocenters. The molecule has 6 nitrogen and oxygen atoms in total. The van der Waals surface area contributed by atoms with Crippen molar-refractivity contribution in [3.8, 4) is 0 Å². The van der Waals surface area contributed by atoms with E-state index in [9.17, 15) is 0 Å². The Morgan fingerprint density at radius 3 is 1.30 bits per heavy atom. The predicted octanol–water partition coefficient (Wildman–Crippen LogP) is -1.49. The van der Waals surface area contributed by atoms with Gasteiger partial charge in [0, 0.05) is 5.97 Å². The third kappa shape index (κ3) is 1820. The second kappa shape index (κ2) is 16.3. The zero-order chi connectivity index (χ0) is 7.15. The molecule has 0 rings (SSSR count). The molecule has 0 aromatic rings. The summed E-state index contributed by atoms with van der Waals surface area (Å²) in [6.45, 7) is 0.972. The first-order valence-electron chi connectivity index (χ1n) is 1.46. The molecule has 0 aromatic carbocycles. The second-order valence-corrected chi connectivity index (χ2v) is 0.715. The molecule has 48 valence electrons. The van der Waals surface area contributed by atoms with Crippen LogP contribution in [-0.2, 0) is 59.4 Å². The van der Waals surface area contributed by atoms with Crippen LogP contribution in [0, 0.1) is 15.3 Å². The fourth-order valence-corrected chi connectivity index (χ4v) is 0. The molecule has 0 spiro atoms. The average Bonchev–Trinajstić information content (AvgIpc) is 1.25. The largest absolute Gasteiger partial charge is 2.00 e. The van der Waals surface area contributed by atoms with E-state index in [-0.39, 0.29) is 54.6 Å². The molecular weight excluding hydrogens is 343 g/mol. The van der Waals surface area contributed by atoms with E-state index in [1.165, 1.54) is 0 Å². The minimum absolute atomic E-state index is 0. The van der Waals surface area contributed by atoms with Crippen LogP contribution in [0.4, 0.5) is 0 Å². The van der Waals surface area contributed by atoms with Crippen LogP contribution in [0.15, 0.2) is 0 Å². The molecule has 0 amide bonds. The van der Waals surface area contributed by atoms with Crippen LogP contribution in [0.25, 0.3) is 0 Å². The van der Waals surface area contributed by atoms with E-state index in [1.807, 2.05) is 0 Å². The Morgan fingerprint density at radius 2 is 1.30 bits per heavy atom. The predicted molar refractivity (Wildman–Crippen MR) is 21.0 cm³/mol. The molecule has 0 atom stereocenters. The van der Waals surface area contributed by atoms with E-state index in [2.05, 4.69) is 0 Å². The quantitative estimate of drug-likeness (QED) is 0.302. The Bertz CT molecular complexity index is 75.6. The van der Waals surface area contributed by atoms with Gasteiger partial charge in [0.05, 0.1) is 5.09 Å². The van der Waals surface area contributed by atoms with Crippen molar-refractivity contribution in [2.45, 2.75) is 6.92 Å². The summed E-state index contributed by atoms with van der Waals surface area (Å²) in [5.74, 6) is -1.08. The first kappa shape index (κ1) is 22.4. The summed E-state index contributed by atoms with van der Waals surface area (Å²) in [5, 5.41) is 23.6. The van der Waals surface area contributed by atoms with Crippen molar-refractivity contribution >= 4 is 5.97 Å². The van der Waals surface area contributed by atoms with Gasteiger partial charge in [-0.15, -0.1) is 0 Å². The maximum absolute atomic E-state index is 8.89. The molecule has 0 saturated heterocycles. The summed E-state index contributed by atoms with van der Waals surface area (Å²) in [4.78, 5) is 17.1. The molecule has 0 radical (unpaired) electrons. The zero-order valence-electron chi connectivity index (χ0n) is 5.40. The van der Waals surface area contributed by atoms with Crippen molar-refractivity contribution in [3.05, 3.63) is 15.3 Å². The second-order valence-electron chi connectivity index (χ2n) is 0.715. The van der Waals surface area contributed by atoms with Gasteiger partial charge < -0.3 is 25.2 Å². The molecule has 0 aromatic heterocycles. The van der Waals surface area contributed by atoms with Gasteiger partial charge >= 0.3 is 54.6 Å². The van der Waals surface area contributed by atoms with Crippen molar-refractivity contribution in [3.63, 3.8) is 0 Å². The minimum Gasteiger partial charge on any atom is -0.550 e. The summed E-state index contributed by atoms with van der Waals surface area (Å²) < 4.78 is 0. The summed E-state index contributed by atoms with van der Waals surface area (Å²) in [7, 11) is 0. The van der Waals surface area contributed by atoms with Crippen molar-refractivity contribution in [1.82, 2.24) is 0 Å². The number of hydrogen-bond donors (Lipinski definition) is 0. The molecule has 0 bridgehead atoms. The number of aliphatic carboxylic acids is 1. The third-order valence-corrected chi connectivity index (χ3v) is 0. The van der Waals surface area contributed by atoms with Crippen LogP contribution in [0.5, 0.6) is 0 Å². The van der Waals surface area contributed by atoms with Crippen LogP contribution >= 0.6 is 0 Å². The fraction of sp³-hybridized carbons (Fsp3) is 0.500. The average molecular weight is 346 g/mol. The molecule has 0 aliphatic heterocycles. The van der Waals surface area contributed by atoms with Crippen LogP contribution in [0.1, 0.15) is 6.92 Å². The Kier molecular flexibility index (Phi) is 36.5. The molecule has 0 aliphatic rings. The SMILES string of the molecule is CC(=O)[O-].O=[N+]([O-])[O-].[Cd+2].[Cd+2]. The number of nitrogens with zero attached hydrogens (tertiary/aromatic N) is 1. The Morgan fingerprint density at radius 1 is 1.30 bits per heavy atom. The van der Waals surface area contributed by atoms with Crippen LogP contribution in [0.2, 0.25) is 0 Å². The first-order chi connectivity index (χ1) is 3.46. The van der Waals surface area contributed by atoms with Gasteiger partial charge in [-0.05, 0) is 6.92 Å². The van der Waals surface area contributed by atoms with Crippen molar-refractivity contribution in [1.29, 1.82) is 0 Å². The Hall–Kier alpha value is 0.514. The molecule has 0 saturated carbocycles. The topological polar surface area (TPSA) is 106 Å². The molecule has 10 heavy (non-hydrogen) atoms. The van der Waals surface area contributed by atoms with Crippen LogP contribution < -0.4 is 5.11 Å². The number of carbonyl (C=O) groups excluding carboxylic acids is 1. The van der Waals surface area contributed by atoms with E-state index >= 15 is 0 Å². The molecule has 0 N–H and O–H groups in total. The molecule has 0 heterocycles. The normalized spacial score (nSPS) is 4.90. The van der Waals surface area contributed by atoms with E-state index in [4.69, 9.17) is 25.2 Å².